The first-order chi connectivity index (χ1) is 11.1. The molecule has 0 spiro atoms. The minimum atomic E-state index is 0.196. The lowest BCUT2D eigenvalue weighted by Gasteiger charge is -2.59. The van der Waals surface area contributed by atoms with Gasteiger partial charge in [0, 0.05) is 17.3 Å². The molecule has 4 saturated carbocycles. The number of carbonyl (C=O) groups excluding carboxylic acids is 1. The summed E-state index contributed by atoms with van der Waals surface area (Å²) in [5, 5.41) is 0.255. The maximum Gasteiger partial charge on any atom is 0.240 e. The SMILES string of the molecule is Cc1ccnc(N2C(=O)CSC2C23CC4CC(CC(C4)C2)C3)n1. The van der Waals surface area contributed by atoms with Crippen LogP contribution < -0.4 is 4.90 Å². The topological polar surface area (TPSA) is 46.1 Å². The van der Waals surface area contributed by atoms with Crippen LogP contribution in [-0.4, -0.2) is 27.0 Å². The van der Waals surface area contributed by atoms with Crippen LogP contribution in [0.25, 0.3) is 0 Å². The summed E-state index contributed by atoms with van der Waals surface area (Å²) in [6.45, 7) is 1.97. The molecule has 2 heterocycles. The fourth-order valence-electron chi connectivity index (χ4n) is 6.12. The summed E-state index contributed by atoms with van der Waals surface area (Å²) in [5.74, 6) is 4.11. The zero-order valence-corrected chi connectivity index (χ0v) is 14.4. The number of aromatic nitrogens is 2. The Morgan fingerprint density at radius 2 is 1.83 bits per heavy atom. The molecule has 0 N–H and O–H groups in total. The van der Waals surface area contributed by atoms with E-state index in [0.717, 1.165) is 23.4 Å². The summed E-state index contributed by atoms with van der Waals surface area (Å²) < 4.78 is 0. The van der Waals surface area contributed by atoms with Gasteiger partial charge in [-0.05, 0) is 69.3 Å². The average Bonchev–Trinajstić information content (AvgIpc) is 2.88. The van der Waals surface area contributed by atoms with E-state index in [9.17, 15) is 4.79 Å². The van der Waals surface area contributed by atoms with Crippen LogP contribution >= 0.6 is 11.8 Å². The van der Waals surface area contributed by atoms with Gasteiger partial charge in [-0.1, -0.05) is 0 Å². The molecule has 1 aromatic rings. The van der Waals surface area contributed by atoms with Gasteiger partial charge in [-0.25, -0.2) is 9.97 Å². The number of rotatable bonds is 2. The molecule has 0 aromatic carbocycles. The Labute approximate surface area is 141 Å². The number of hydrogen-bond acceptors (Lipinski definition) is 4. The van der Waals surface area contributed by atoms with Gasteiger partial charge in [-0.2, -0.15) is 0 Å². The molecule has 1 saturated heterocycles. The van der Waals surface area contributed by atoms with E-state index in [4.69, 9.17) is 0 Å². The number of amides is 1. The van der Waals surface area contributed by atoms with Crippen LogP contribution in [0.5, 0.6) is 0 Å². The molecule has 1 atom stereocenters. The number of hydrogen-bond donors (Lipinski definition) is 0. The predicted octanol–water partition coefficient (Wildman–Crippen LogP) is 3.41. The molecular formula is C18H23N3OS. The van der Waals surface area contributed by atoms with Crippen LogP contribution in [0.15, 0.2) is 12.3 Å². The van der Waals surface area contributed by atoms with Crippen LogP contribution in [0, 0.1) is 30.1 Å². The van der Waals surface area contributed by atoms with Gasteiger partial charge in [0.1, 0.15) is 0 Å². The summed E-state index contributed by atoms with van der Waals surface area (Å²) in [6.07, 6.45) is 10.0. The molecule has 4 bridgehead atoms. The highest BCUT2D eigenvalue weighted by atomic mass is 32.2. The van der Waals surface area contributed by atoms with Crippen molar-refractivity contribution in [3.05, 3.63) is 18.0 Å². The van der Waals surface area contributed by atoms with Gasteiger partial charge in [-0.3, -0.25) is 9.69 Å². The second-order valence-electron chi connectivity index (χ2n) is 8.21. The van der Waals surface area contributed by atoms with E-state index in [1.165, 1.54) is 38.5 Å². The predicted molar refractivity (Wildman–Crippen MR) is 91.1 cm³/mol. The van der Waals surface area contributed by atoms with Crippen LogP contribution in [0.3, 0.4) is 0 Å². The fraction of sp³-hybridized carbons (Fsp3) is 0.722. The Balaban J connectivity index is 1.53. The van der Waals surface area contributed by atoms with E-state index in [1.807, 2.05) is 29.7 Å². The summed E-state index contributed by atoms with van der Waals surface area (Å²) in [5.41, 5.74) is 1.25. The molecule has 122 valence electrons. The molecule has 23 heavy (non-hydrogen) atoms. The van der Waals surface area contributed by atoms with E-state index in [2.05, 4.69) is 9.97 Å². The fourth-order valence-corrected chi connectivity index (χ4v) is 7.57. The van der Waals surface area contributed by atoms with Crippen molar-refractivity contribution in [1.29, 1.82) is 0 Å². The highest BCUT2D eigenvalue weighted by Gasteiger charge is 2.58. The van der Waals surface area contributed by atoms with Crippen LogP contribution in [0.4, 0.5) is 5.95 Å². The summed E-state index contributed by atoms with van der Waals surface area (Å²) in [4.78, 5) is 23.6. The van der Waals surface area contributed by atoms with Gasteiger partial charge < -0.3 is 0 Å². The van der Waals surface area contributed by atoms with E-state index in [1.54, 1.807) is 6.20 Å². The minimum absolute atomic E-state index is 0.196. The third-order valence-electron chi connectivity index (χ3n) is 6.47. The van der Waals surface area contributed by atoms with Gasteiger partial charge in [0.05, 0.1) is 11.1 Å². The van der Waals surface area contributed by atoms with Crippen molar-refractivity contribution >= 4 is 23.6 Å². The highest BCUT2D eigenvalue weighted by molar-refractivity contribution is 8.01. The number of carbonyl (C=O) groups is 1. The molecule has 1 aromatic heterocycles. The van der Waals surface area contributed by atoms with Gasteiger partial charge in [-0.15, -0.1) is 11.8 Å². The summed E-state index contributed by atoms with van der Waals surface area (Å²) >= 11 is 1.84. The maximum atomic E-state index is 12.6. The third-order valence-corrected chi connectivity index (χ3v) is 7.92. The molecule has 1 unspecified atom stereocenters. The molecule has 1 aliphatic heterocycles. The second-order valence-corrected chi connectivity index (χ2v) is 9.27. The molecule has 5 heteroatoms. The molecule has 5 aliphatic rings. The van der Waals surface area contributed by atoms with Crippen LogP contribution in [0.2, 0.25) is 0 Å². The summed E-state index contributed by atoms with van der Waals surface area (Å²) in [6, 6.07) is 1.90. The smallest absolute Gasteiger partial charge is 0.240 e. The normalized spacial score (nSPS) is 41.8. The number of thioether (sulfide) groups is 1. The van der Waals surface area contributed by atoms with E-state index < -0.39 is 0 Å². The Morgan fingerprint density at radius 3 is 2.43 bits per heavy atom. The van der Waals surface area contributed by atoms with Crippen molar-refractivity contribution in [2.45, 2.75) is 50.8 Å². The Hall–Kier alpha value is -1.10. The zero-order chi connectivity index (χ0) is 15.6. The lowest BCUT2D eigenvalue weighted by Crippen LogP contribution is -2.55. The van der Waals surface area contributed by atoms with Crippen molar-refractivity contribution in [1.82, 2.24) is 9.97 Å². The molecule has 4 nitrogen and oxygen atoms in total. The quantitative estimate of drug-likeness (QED) is 0.834. The molecule has 0 radical (unpaired) electrons. The average molecular weight is 329 g/mol. The Bertz CT molecular complexity index is 626. The van der Waals surface area contributed by atoms with Crippen molar-refractivity contribution in [2.24, 2.45) is 23.2 Å². The van der Waals surface area contributed by atoms with Gasteiger partial charge in [0.2, 0.25) is 11.9 Å². The first-order valence-electron chi connectivity index (χ1n) is 8.86. The van der Waals surface area contributed by atoms with Gasteiger partial charge in [0.25, 0.3) is 0 Å². The molecule has 4 aliphatic carbocycles. The third kappa shape index (κ3) is 2.15. The van der Waals surface area contributed by atoms with E-state index >= 15 is 0 Å². The van der Waals surface area contributed by atoms with E-state index in [-0.39, 0.29) is 11.3 Å². The van der Waals surface area contributed by atoms with Crippen molar-refractivity contribution in [3.8, 4) is 0 Å². The first kappa shape index (κ1) is 14.3. The molecular weight excluding hydrogens is 306 g/mol. The maximum absolute atomic E-state index is 12.6. The lowest BCUT2D eigenvalue weighted by molar-refractivity contribution is -0.117. The first-order valence-corrected chi connectivity index (χ1v) is 9.91. The highest BCUT2D eigenvalue weighted by Crippen LogP contribution is 2.64. The zero-order valence-electron chi connectivity index (χ0n) is 13.6. The minimum Gasteiger partial charge on any atom is -0.273 e. The number of anilines is 1. The van der Waals surface area contributed by atoms with Gasteiger partial charge in [0.15, 0.2) is 0 Å². The monoisotopic (exact) mass is 329 g/mol. The standard InChI is InChI=1S/C18H23N3OS/c1-11-2-3-19-17(20-11)21-15(22)10-23-16(21)18-7-12-4-13(8-18)6-14(5-12)9-18/h2-3,12-14,16H,4-10H2,1H3. The van der Waals surface area contributed by atoms with Crippen molar-refractivity contribution in [3.63, 3.8) is 0 Å². The largest absolute Gasteiger partial charge is 0.273 e. The summed E-state index contributed by atoms with van der Waals surface area (Å²) in [7, 11) is 0. The Morgan fingerprint density at radius 1 is 1.17 bits per heavy atom. The number of nitrogens with zero attached hydrogens (tertiary/aromatic N) is 3. The molecule has 6 rings (SSSR count). The lowest BCUT2D eigenvalue weighted by atomic mass is 9.49. The van der Waals surface area contributed by atoms with Crippen LogP contribution in [0.1, 0.15) is 44.2 Å². The molecule has 5 fully saturated rings. The van der Waals surface area contributed by atoms with Crippen LogP contribution in [-0.2, 0) is 4.79 Å². The second kappa shape index (κ2) is 4.95. The van der Waals surface area contributed by atoms with Crippen molar-refractivity contribution in [2.75, 3.05) is 10.7 Å². The van der Waals surface area contributed by atoms with Crippen molar-refractivity contribution < 1.29 is 4.79 Å². The van der Waals surface area contributed by atoms with E-state index in [0.29, 0.717) is 17.1 Å². The Kier molecular flexibility index (Phi) is 3.07. The molecule has 1 amide bonds. The number of aryl methyl sites for hydroxylation is 1. The van der Waals surface area contributed by atoms with Gasteiger partial charge >= 0.3 is 0 Å².